The first-order valence-corrected chi connectivity index (χ1v) is 13.2. The average molecular weight is 532 g/mol. The number of hydrogen-bond donors (Lipinski definition) is 2. The molecule has 2 N–H and O–H groups in total. The van der Waals surface area contributed by atoms with Crippen LogP contribution in [0.3, 0.4) is 0 Å². The molecule has 8 nitrogen and oxygen atoms in total. The Morgan fingerprint density at radius 2 is 1.62 bits per heavy atom. The molecular formula is C27H30FNO7S. The van der Waals surface area contributed by atoms with Gasteiger partial charge in [-0.3, -0.25) is 10.0 Å². The number of hydrogen-bond acceptors (Lipinski definition) is 7. The highest BCUT2D eigenvalue weighted by Gasteiger charge is 2.40. The van der Waals surface area contributed by atoms with Gasteiger partial charge < -0.3 is 14.2 Å². The van der Waals surface area contributed by atoms with Crippen LogP contribution >= 0.6 is 0 Å². The summed E-state index contributed by atoms with van der Waals surface area (Å²) in [7, 11) is -1.30. The number of hydroxylamine groups is 1. The molecule has 0 bridgehead atoms. The normalized spacial score (nSPS) is 12.9. The molecule has 0 heterocycles. The summed E-state index contributed by atoms with van der Waals surface area (Å²) < 4.78 is 57.2. The Balaban J connectivity index is 1.99. The second-order valence-corrected chi connectivity index (χ2v) is 10.4. The first-order valence-electron chi connectivity index (χ1n) is 11.6. The van der Waals surface area contributed by atoms with Gasteiger partial charge in [-0.1, -0.05) is 37.6 Å². The SMILES string of the molecule is CCCC(C(=O)NO)C(c1ccc(OCc2ccc(F)cc2)cc1)S(=O)(=O)c1ccc(OC)c(OC)c1. The van der Waals surface area contributed by atoms with Gasteiger partial charge in [-0.15, -0.1) is 0 Å². The molecular weight excluding hydrogens is 501 g/mol. The van der Waals surface area contributed by atoms with Crippen molar-refractivity contribution in [3.8, 4) is 17.2 Å². The third kappa shape index (κ3) is 6.58. The van der Waals surface area contributed by atoms with E-state index in [1.165, 1.54) is 44.6 Å². The van der Waals surface area contributed by atoms with Crippen LogP contribution in [0.4, 0.5) is 4.39 Å². The lowest BCUT2D eigenvalue weighted by atomic mass is 9.93. The van der Waals surface area contributed by atoms with E-state index in [0.717, 1.165) is 5.56 Å². The first kappa shape index (κ1) is 27.9. The highest BCUT2D eigenvalue weighted by atomic mass is 32.2. The Bertz CT molecular complexity index is 1300. The summed E-state index contributed by atoms with van der Waals surface area (Å²) in [4.78, 5) is 12.6. The fourth-order valence-corrected chi connectivity index (χ4v) is 6.11. The van der Waals surface area contributed by atoms with E-state index in [0.29, 0.717) is 23.5 Å². The van der Waals surface area contributed by atoms with E-state index in [9.17, 15) is 22.8 Å². The van der Waals surface area contributed by atoms with Gasteiger partial charge in [0.25, 0.3) is 0 Å². The number of methoxy groups -OCH3 is 2. The molecule has 3 aromatic rings. The second-order valence-electron chi connectivity index (χ2n) is 8.34. The zero-order valence-corrected chi connectivity index (χ0v) is 21.6. The molecule has 3 rings (SSSR count). The third-order valence-electron chi connectivity index (χ3n) is 5.96. The predicted octanol–water partition coefficient (Wildman–Crippen LogP) is 4.86. The number of nitrogens with one attached hydrogen (secondary N) is 1. The summed E-state index contributed by atoms with van der Waals surface area (Å²) >= 11 is 0. The molecule has 3 aromatic carbocycles. The summed E-state index contributed by atoms with van der Waals surface area (Å²) in [6.45, 7) is 2.02. The minimum Gasteiger partial charge on any atom is -0.493 e. The smallest absolute Gasteiger partial charge is 0.248 e. The van der Waals surface area contributed by atoms with E-state index in [4.69, 9.17) is 14.2 Å². The number of sulfone groups is 1. The zero-order valence-electron chi connectivity index (χ0n) is 20.8. The van der Waals surface area contributed by atoms with Crippen LogP contribution in [0.2, 0.25) is 0 Å². The number of carbonyl (C=O) groups is 1. The zero-order chi connectivity index (χ0) is 27.0. The maximum atomic E-state index is 13.9. The molecule has 1 amide bonds. The molecule has 0 aliphatic carbocycles. The van der Waals surface area contributed by atoms with Crippen LogP contribution in [-0.2, 0) is 21.2 Å². The van der Waals surface area contributed by atoms with E-state index in [2.05, 4.69) is 0 Å². The van der Waals surface area contributed by atoms with Crippen LogP contribution < -0.4 is 19.7 Å². The molecule has 0 saturated heterocycles. The molecule has 0 aliphatic heterocycles. The van der Waals surface area contributed by atoms with E-state index in [-0.39, 0.29) is 29.5 Å². The van der Waals surface area contributed by atoms with Crippen molar-refractivity contribution >= 4 is 15.7 Å². The number of amides is 1. The lowest BCUT2D eigenvalue weighted by Gasteiger charge is -2.26. The van der Waals surface area contributed by atoms with Crippen LogP contribution in [0.1, 0.15) is 36.1 Å². The lowest BCUT2D eigenvalue weighted by Crippen LogP contribution is -2.35. The number of halogens is 1. The standard InChI is InChI=1S/C27H30FNO7S/c1-4-5-23(27(30)29-31)26(37(32,33)22-14-15-24(34-2)25(16-22)35-3)19-8-12-21(13-9-19)36-17-18-6-10-20(28)11-7-18/h6-16,23,26,31H,4-5,17H2,1-3H3,(H,29,30). The maximum absolute atomic E-state index is 13.9. The second kappa shape index (κ2) is 12.6. The van der Waals surface area contributed by atoms with Gasteiger partial charge >= 0.3 is 0 Å². The minimum absolute atomic E-state index is 0.0568. The highest BCUT2D eigenvalue weighted by Crippen LogP contribution is 2.40. The molecule has 0 spiro atoms. The first-order chi connectivity index (χ1) is 17.7. The molecule has 0 aliphatic rings. The minimum atomic E-state index is -4.14. The number of benzene rings is 3. The molecule has 37 heavy (non-hydrogen) atoms. The van der Waals surface area contributed by atoms with E-state index < -0.39 is 26.9 Å². The van der Waals surface area contributed by atoms with Crippen molar-refractivity contribution in [1.29, 1.82) is 0 Å². The van der Waals surface area contributed by atoms with Crippen molar-refractivity contribution in [3.63, 3.8) is 0 Å². The molecule has 0 saturated carbocycles. The van der Waals surface area contributed by atoms with Crippen molar-refractivity contribution in [3.05, 3.63) is 83.7 Å². The fourth-order valence-electron chi connectivity index (χ4n) is 4.08. The maximum Gasteiger partial charge on any atom is 0.248 e. The van der Waals surface area contributed by atoms with Gasteiger partial charge in [0.1, 0.15) is 23.4 Å². The van der Waals surface area contributed by atoms with Crippen molar-refractivity contribution in [1.82, 2.24) is 5.48 Å². The topological polar surface area (TPSA) is 111 Å². The van der Waals surface area contributed by atoms with Gasteiger partial charge in [-0.2, -0.15) is 0 Å². The summed E-state index contributed by atoms with van der Waals surface area (Å²) in [5.41, 5.74) is 2.74. The van der Waals surface area contributed by atoms with Crippen molar-refractivity contribution < 1.29 is 37.0 Å². The predicted molar refractivity (Wildman–Crippen MR) is 135 cm³/mol. The van der Waals surface area contributed by atoms with Gasteiger partial charge in [-0.25, -0.2) is 18.3 Å². The van der Waals surface area contributed by atoms with Crippen LogP contribution in [0.25, 0.3) is 0 Å². The summed E-state index contributed by atoms with van der Waals surface area (Å²) in [5, 5.41) is 8.08. The Hall–Kier alpha value is -3.63. The van der Waals surface area contributed by atoms with E-state index in [1.807, 2.05) is 6.92 Å². The van der Waals surface area contributed by atoms with E-state index >= 15 is 0 Å². The van der Waals surface area contributed by atoms with Gasteiger partial charge in [-0.05, 0) is 53.9 Å². The number of ether oxygens (including phenoxy) is 3. The summed E-state index contributed by atoms with van der Waals surface area (Å²) in [6, 6.07) is 16.5. The molecule has 198 valence electrons. The highest BCUT2D eigenvalue weighted by molar-refractivity contribution is 7.91. The van der Waals surface area contributed by atoms with Crippen LogP contribution in [0.15, 0.2) is 71.6 Å². The quantitative estimate of drug-likeness (QED) is 0.254. The van der Waals surface area contributed by atoms with Gasteiger partial charge in [0.05, 0.1) is 25.0 Å². The van der Waals surface area contributed by atoms with Crippen LogP contribution in [0.5, 0.6) is 17.2 Å². The Labute approximate surface area is 215 Å². The Kier molecular flexibility index (Phi) is 9.48. The van der Waals surface area contributed by atoms with Crippen LogP contribution in [0, 0.1) is 11.7 Å². The number of rotatable bonds is 12. The number of carbonyl (C=O) groups excluding carboxylic acids is 1. The van der Waals surface area contributed by atoms with Crippen molar-refractivity contribution in [2.24, 2.45) is 5.92 Å². The van der Waals surface area contributed by atoms with Gasteiger partial charge in [0.2, 0.25) is 5.91 Å². The molecule has 10 heteroatoms. The Morgan fingerprint density at radius 1 is 0.973 bits per heavy atom. The monoisotopic (exact) mass is 531 g/mol. The van der Waals surface area contributed by atoms with E-state index in [1.54, 1.807) is 41.9 Å². The van der Waals surface area contributed by atoms with Gasteiger partial charge in [0.15, 0.2) is 21.3 Å². The molecule has 2 atom stereocenters. The van der Waals surface area contributed by atoms with Crippen molar-refractivity contribution in [2.45, 2.75) is 36.5 Å². The fraction of sp³-hybridized carbons (Fsp3) is 0.296. The van der Waals surface area contributed by atoms with Crippen molar-refractivity contribution in [2.75, 3.05) is 14.2 Å². The molecule has 0 aromatic heterocycles. The lowest BCUT2D eigenvalue weighted by molar-refractivity contribution is -0.133. The van der Waals surface area contributed by atoms with Crippen LogP contribution in [-0.4, -0.2) is 33.8 Å². The summed E-state index contributed by atoms with van der Waals surface area (Å²) in [5.74, 6) is -1.16. The molecule has 2 unspecified atom stereocenters. The average Bonchev–Trinajstić information content (AvgIpc) is 2.92. The Morgan fingerprint density at radius 3 is 2.19 bits per heavy atom. The third-order valence-corrected chi connectivity index (χ3v) is 8.14. The van der Waals surface area contributed by atoms with Gasteiger partial charge in [0, 0.05) is 6.07 Å². The molecule has 0 fully saturated rings. The summed E-state index contributed by atoms with van der Waals surface area (Å²) in [6.07, 6.45) is 0.724. The molecule has 0 radical (unpaired) electrons. The largest absolute Gasteiger partial charge is 0.493 e.